The Balaban J connectivity index is 0.701. The fourth-order valence-electron chi connectivity index (χ4n) is 9.37. The second kappa shape index (κ2) is 16.7. The molecule has 1 saturated carbocycles. The monoisotopic (exact) mass is 809 g/mol. The highest BCUT2D eigenvalue weighted by molar-refractivity contribution is 6.23. The van der Waals surface area contributed by atoms with Crippen LogP contribution in [0.15, 0.2) is 67.0 Å². The highest BCUT2D eigenvalue weighted by Gasteiger charge is 2.45. The summed E-state index contributed by atoms with van der Waals surface area (Å²) in [5.41, 5.74) is 3.20. The molecule has 0 bridgehead atoms. The molecule has 3 saturated heterocycles. The van der Waals surface area contributed by atoms with Gasteiger partial charge in [-0.1, -0.05) is 0 Å². The quantitative estimate of drug-likeness (QED) is 0.232. The lowest BCUT2D eigenvalue weighted by Crippen LogP contribution is -2.54. The second-order valence-corrected chi connectivity index (χ2v) is 16.5. The summed E-state index contributed by atoms with van der Waals surface area (Å²) in [5, 5.41) is 15.7. The van der Waals surface area contributed by atoms with Crippen LogP contribution < -0.4 is 25.2 Å². The van der Waals surface area contributed by atoms with Crippen molar-refractivity contribution in [3.8, 4) is 11.8 Å². The number of ether oxygens (including phenoxy) is 1. The van der Waals surface area contributed by atoms with Crippen LogP contribution >= 0.6 is 0 Å². The van der Waals surface area contributed by atoms with Crippen molar-refractivity contribution in [1.82, 2.24) is 30.4 Å². The molecule has 9 rings (SSSR count). The maximum absolute atomic E-state index is 13.3. The average molecular weight is 810 g/mol. The van der Waals surface area contributed by atoms with Gasteiger partial charge in [-0.25, -0.2) is 4.98 Å². The van der Waals surface area contributed by atoms with E-state index in [2.05, 4.69) is 41.4 Å². The summed E-state index contributed by atoms with van der Waals surface area (Å²) >= 11 is 0. The van der Waals surface area contributed by atoms with E-state index >= 15 is 0 Å². The lowest BCUT2D eigenvalue weighted by Gasteiger charge is -2.40. The van der Waals surface area contributed by atoms with Crippen LogP contribution in [-0.4, -0.2) is 113 Å². The van der Waals surface area contributed by atoms with E-state index in [4.69, 9.17) is 4.74 Å². The number of hydrogen-bond acceptors (Lipinski definition) is 12. The van der Waals surface area contributed by atoms with Crippen LogP contribution in [0.2, 0.25) is 0 Å². The number of pyridine rings is 2. The number of imide groups is 2. The number of aromatic nitrogens is 2. The van der Waals surface area contributed by atoms with E-state index in [-0.39, 0.29) is 30.9 Å². The highest BCUT2D eigenvalue weighted by Crippen LogP contribution is 2.33. The van der Waals surface area contributed by atoms with Crippen LogP contribution in [0.25, 0.3) is 10.9 Å². The number of benzene rings is 2. The first kappa shape index (κ1) is 39.1. The van der Waals surface area contributed by atoms with Crippen molar-refractivity contribution in [2.75, 3.05) is 55.6 Å². The number of nitriles is 1. The Morgan fingerprint density at radius 3 is 2.35 bits per heavy atom. The number of nitrogens with one attached hydrogen (secondary N) is 2. The Kier molecular flexibility index (Phi) is 10.9. The molecule has 0 spiro atoms. The van der Waals surface area contributed by atoms with E-state index in [9.17, 15) is 29.2 Å². The topological polar surface area (TPSA) is 181 Å². The number of piperidine rings is 2. The Bertz CT molecular complexity index is 2370. The van der Waals surface area contributed by atoms with Gasteiger partial charge in [0.15, 0.2) is 0 Å². The van der Waals surface area contributed by atoms with Gasteiger partial charge >= 0.3 is 0 Å². The Morgan fingerprint density at radius 1 is 0.833 bits per heavy atom. The van der Waals surface area contributed by atoms with E-state index in [0.717, 1.165) is 112 Å². The maximum atomic E-state index is 13.3. The molecule has 5 aliphatic rings. The van der Waals surface area contributed by atoms with Crippen molar-refractivity contribution in [3.05, 3.63) is 89.2 Å². The molecule has 4 aromatic rings. The molecule has 4 fully saturated rings. The summed E-state index contributed by atoms with van der Waals surface area (Å²) in [6.45, 7) is 6.20. The van der Waals surface area contributed by atoms with Gasteiger partial charge < -0.3 is 19.9 Å². The lowest BCUT2D eigenvalue weighted by atomic mass is 9.92. The zero-order valence-electron chi connectivity index (χ0n) is 33.3. The number of carbonyl (C=O) groups is 5. The molecule has 308 valence electrons. The van der Waals surface area contributed by atoms with Crippen LogP contribution in [0.1, 0.15) is 88.0 Å². The molecule has 1 atom stereocenters. The molecule has 6 heterocycles. The number of piperazine rings is 1. The van der Waals surface area contributed by atoms with Crippen LogP contribution in [0.4, 0.5) is 11.5 Å². The van der Waals surface area contributed by atoms with Crippen LogP contribution in [-0.2, 0) is 9.59 Å². The van der Waals surface area contributed by atoms with E-state index in [1.807, 2.05) is 36.4 Å². The lowest BCUT2D eigenvalue weighted by molar-refractivity contribution is -0.136. The van der Waals surface area contributed by atoms with Gasteiger partial charge in [-0.3, -0.25) is 44.1 Å². The van der Waals surface area contributed by atoms with Gasteiger partial charge in [0.1, 0.15) is 23.7 Å². The Morgan fingerprint density at radius 2 is 1.62 bits per heavy atom. The summed E-state index contributed by atoms with van der Waals surface area (Å²) in [6, 6.07) is 17.8. The number of amides is 5. The first-order valence-electron chi connectivity index (χ1n) is 21.0. The molecule has 1 aliphatic carbocycles. The minimum Gasteiger partial charge on any atom is -0.490 e. The van der Waals surface area contributed by atoms with Gasteiger partial charge in [-0.05, 0) is 105 Å². The van der Waals surface area contributed by atoms with Gasteiger partial charge in [0.2, 0.25) is 11.8 Å². The van der Waals surface area contributed by atoms with Crippen molar-refractivity contribution in [2.45, 2.75) is 69.6 Å². The first-order chi connectivity index (χ1) is 29.2. The number of anilines is 2. The summed E-state index contributed by atoms with van der Waals surface area (Å²) in [5.74, 6) is 0.0928. The molecule has 1 unspecified atom stereocenters. The summed E-state index contributed by atoms with van der Waals surface area (Å²) < 4.78 is 6.36. The van der Waals surface area contributed by atoms with Gasteiger partial charge in [-0.15, -0.1) is 0 Å². The smallest absolute Gasteiger partial charge is 0.262 e. The molecule has 4 aliphatic heterocycles. The third-order valence-corrected chi connectivity index (χ3v) is 12.8. The zero-order chi connectivity index (χ0) is 41.3. The minimum absolute atomic E-state index is 0.0268. The molecule has 15 heteroatoms. The van der Waals surface area contributed by atoms with Crippen molar-refractivity contribution in [3.63, 3.8) is 0 Å². The molecule has 60 heavy (non-hydrogen) atoms. The fraction of sp³-hybridized carbons (Fsp3) is 0.422. The number of hydrogen-bond donors (Lipinski definition) is 2. The van der Waals surface area contributed by atoms with Gasteiger partial charge in [-0.2, -0.15) is 5.26 Å². The van der Waals surface area contributed by atoms with Crippen molar-refractivity contribution < 1.29 is 28.7 Å². The fourth-order valence-corrected chi connectivity index (χ4v) is 9.37. The van der Waals surface area contributed by atoms with Crippen molar-refractivity contribution in [2.24, 2.45) is 5.92 Å². The largest absolute Gasteiger partial charge is 0.490 e. The van der Waals surface area contributed by atoms with Crippen LogP contribution in [0, 0.1) is 17.2 Å². The predicted octanol–water partition coefficient (Wildman–Crippen LogP) is 4.06. The van der Waals surface area contributed by atoms with Crippen molar-refractivity contribution >= 4 is 51.9 Å². The van der Waals surface area contributed by atoms with Gasteiger partial charge in [0.25, 0.3) is 17.7 Å². The van der Waals surface area contributed by atoms with Gasteiger partial charge in [0.05, 0.1) is 33.9 Å². The molecule has 2 aromatic heterocycles. The predicted molar refractivity (Wildman–Crippen MR) is 222 cm³/mol. The number of rotatable bonds is 9. The third kappa shape index (κ3) is 7.87. The summed E-state index contributed by atoms with van der Waals surface area (Å²) in [6.07, 6.45) is 8.98. The van der Waals surface area contributed by atoms with Crippen LogP contribution in [0.5, 0.6) is 5.75 Å². The zero-order valence-corrected chi connectivity index (χ0v) is 33.3. The standard InChI is InChI=1S/C45H47N9O6/c46-25-29-3-12-38(35-2-1-17-47-41(29)35)60-33-8-5-31(6-9-33)49-42(56)30-4-13-39(48-26-30)53-18-15-28(16-19-53)27-51-20-22-52(23-21-51)32-7-10-34-36(24-32)45(59)54(44(34)58)37-11-14-40(55)50-43(37)57/h1-4,7,10,12-13,17,24,26,28,31,33,37H,5-6,8-9,11,14-16,18-23,27H2,(H,49,56)(H,50,55,57)/t31-,33+,37?. The Hall–Kier alpha value is -6.40. The molecular formula is C45H47N9O6. The third-order valence-electron chi connectivity index (χ3n) is 12.8. The Labute approximate surface area is 347 Å². The number of fused-ring (bicyclic) bond motifs is 2. The molecule has 2 N–H and O–H groups in total. The van der Waals surface area contributed by atoms with E-state index in [1.165, 1.54) is 0 Å². The first-order valence-corrected chi connectivity index (χ1v) is 21.0. The number of nitrogens with zero attached hydrogens (tertiary/aromatic N) is 7. The maximum Gasteiger partial charge on any atom is 0.262 e. The van der Waals surface area contributed by atoms with Gasteiger partial charge in [0, 0.05) is 81.7 Å². The van der Waals surface area contributed by atoms with E-state index < -0.39 is 29.7 Å². The normalized spacial score (nSPS) is 22.7. The van der Waals surface area contributed by atoms with Crippen LogP contribution in [0.3, 0.4) is 0 Å². The summed E-state index contributed by atoms with van der Waals surface area (Å²) in [7, 11) is 0. The average Bonchev–Trinajstić information content (AvgIpc) is 3.52. The highest BCUT2D eigenvalue weighted by atomic mass is 16.5. The number of carbonyl (C=O) groups excluding carboxylic acids is 5. The second-order valence-electron chi connectivity index (χ2n) is 16.5. The minimum atomic E-state index is -0.975. The molecule has 0 radical (unpaired) electrons. The molecule has 15 nitrogen and oxygen atoms in total. The molecule has 5 amide bonds. The molecular weight excluding hydrogens is 763 g/mol. The van der Waals surface area contributed by atoms with E-state index in [0.29, 0.717) is 33.7 Å². The van der Waals surface area contributed by atoms with E-state index in [1.54, 1.807) is 30.6 Å². The summed E-state index contributed by atoms with van der Waals surface area (Å²) in [4.78, 5) is 80.8. The van der Waals surface area contributed by atoms with Crippen molar-refractivity contribution in [1.29, 1.82) is 5.26 Å². The SMILES string of the molecule is N#Cc1ccc(O[C@H]2CC[C@@H](NC(=O)c3ccc(N4CCC(CN5CCN(c6ccc7c(c6)C(=O)N(C6CCC(=O)NC6=O)C7=O)CC5)CC4)nc3)CC2)c2cccnc12. The molecule has 2 aromatic carbocycles.